The summed E-state index contributed by atoms with van der Waals surface area (Å²) in [4.78, 5) is 16.7. The van der Waals surface area contributed by atoms with E-state index in [9.17, 15) is 4.79 Å². The molecular weight excluding hydrogens is 493 g/mol. The smallest absolute Gasteiger partial charge is 0.264 e. The fraction of sp³-hybridized carbons (Fsp3) is 0.160. The van der Waals surface area contributed by atoms with Crippen molar-refractivity contribution in [1.29, 1.82) is 0 Å². The highest BCUT2D eigenvalue weighted by Crippen LogP contribution is 2.27. The van der Waals surface area contributed by atoms with Gasteiger partial charge in [-0.3, -0.25) is 10.1 Å². The SMILES string of the molecule is CCc1ccc2oc(Cc3ccc(NC(=S)NC(=O)COc4ccc(Cl)cc4Cl)cc3)nc2c1. The quantitative estimate of drug-likeness (QED) is 0.287. The van der Waals surface area contributed by atoms with E-state index in [4.69, 9.17) is 44.6 Å². The van der Waals surface area contributed by atoms with Gasteiger partial charge in [-0.05, 0) is 72.2 Å². The molecule has 4 rings (SSSR count). The Bertz CT molecular complexity index is 1340. The Kier molecular flexibility index (Phi) is 7.67. The molecule has 1 aromatic heterocycles. The number of hydrogen-bond donors (Lipinski definition) is 2. The summed E-state index contributed by atoms with van der Waals surface area (Å²) in [5, 5.41) is 6.52. The molecule has 0 atom stereocenters. The molecule has 0 saturated carbocycles. The molecule has 0 unspecified atom stereocenters. The summed E-state index contributed by atoms with van der Waals surface area (Å²) >= 11 is 17.1. The van der Waals surface area contributed by atoms with Crippen molar-refractivity contribution in [2.24, 2.45) is 0 Å². The Morgan fingerprint density at radius 1 is 1.06 bits per heavy atom. The van der Waals surface area contributed by atoms with Gasteiger partial charge in [-0.1, -0.05) is 48.3 Å². The number of aryl methyl sites for hydroxylation is 1. The number of nitrogens with one attached hydrogen (secondary N) is 2. The Morgan fingerprint density at radius 2 is 1.82 bits per heavy atom. The van der Waals surface area contributed by atoms with Gasteiger partial charge in [0.25, 0.3) is 5.91 Å². The molecule has 6 nitrogen and oxygen atoms in total. The lowest BCUT2D eigenvalue weighted by molar-refractivity contribution is -0.121. The minimum Gasteiger partial charge on any atom is -0.482 e. The highest BCUT2D eigenvalue weighted by atomic mass is 35.5. The van der Waals surface area contributed by atoms with Gasteiger partial charge in [0.15, 0.2) is 23.2 Å². The number of benzene rings is 3. The van der Waals surface area contributed by atoms with Crippen LogP contribution >= 0.6 is 35.4 Å². The lowest BCUT2D eigenvalue weighted by atomic mass is 10.1. The summed E-state index contributed by atoms with van der Waals surface area (Å²) in [6.07, 6.45) is 1.53. The molecule has 3 aromatic carbocycles. The number of halogens is 2. The normalized spacial score (nSPS) is 10.8. The van der Waals surface area contributed by atoms with E-state index in [0.717, 1.165) is 28.8 Å². The zero-order valence-electron chi connectivity index (χ0n) is 18.2. The number of oxazole rings is 1. The van der Waals surface area contributed by atoms with Crippen LogP contribution in [0, 0.1) is 0 Å². The van der Waals surface area contributed by atoms with Crippen LogP contribution in [0.25, 0.3) is 11.1 Å². The Morgan fingerprint density at radius 3 is 2.56 bits per heavy atom. The molecule has 34 heavy (non-hydrogen) atoms. The average Bonchev–Trinajstić information content (AvgIpc) is 3.21. The van der Waals surface area contributed by atoms with E-state index >= 15 is 0 Å². The predicted octanol–water partition coefficient (Wildman–Crippen LogP) is 6.18. The van der Waals surface area contributed by atoms with Crippen molar-refractivity contribution in [3.63, 3.8) is 0 Å². The molecule has 174 valence electrons. The molecule has 9 heteroatoms. The first-order valence-electron chi connectivity index (χ1n) is 10.6. The number of amides is 1. The number of aromatic nitrogens is 1. The van der Waals surface area contributed by atoms with E-state index in [1.165, 1.54) is 5.56 Å². The maximum atomic E-state index is 12.1. The molecule has 1 amide bonds. The van der Waals surface area contributed by atoms with E-state index in [1.807, 2.05) is 30.3 Å². The van der Waals surface area contributed by atoms with Crippen molar-refractivity contribution in [2.75, 3.05) is 11.9 Å². The molecule has 0 aliphatic rings. The van der Waals surface area contributed by atoms with Crippen LogP contribution in [-0.2, 0) is 17.6 Å². The fourth-order valence-electron chi connectivity index (χ4n) is 3.26. The maximum Gasteiger partial charge on any atom is 0.264 e. The topological polar surface area (TPSA) is 76.4 Å². The average molecular weight is 514 g/mol. The van der Waals surface area contributed by atoms with E-state index in [2.05, 4.69) is 34.7 Å². The third kappa shape index (κ3) is 6.26. The van der Waals surface area contributed by atoms with Gasteiger partial charge in [-0.25, -0.2) is 4.98 Å². The van der Waals surface area contributed by atoms with Crippen LogP contribution in [0.1, 0.15) is 23.9 Å². The third-order valence-corrected chi connectivity index (χ3v) is 5.71. The van der Waals surface area contributed by atoms with Crippen LogP contribution in [-0.4, -0.2) is 22.6 Å². The highest BCUT2D eigenvalue weighted by Gasteiger charge is 2.10. The van der Waals surface area contributed by atoms with E-state index in [-0.39, 0.29) is 11.7 Å². The van der Waals surface area contributed by atoms with Gasteiger partial charge in [-0.15, -0.1) is 0 Å². The molecule has 0 bridgehead atoms. The van der Waals surface area contributed by atoms with Crippen molar-refractivity contribution in [2.45, 2.75) is 19.8 Å². The fourth-order valence-corrected chi connectivity index (χ4v) is 3.95. The van der Waals surface area contributed by atoms with Crippen molar-refractivity contribution >= 4 is 63.2 Å². The first kappa shape index (κ1) is 24.0. The molecule has 1 heterocycles. The highest BCUT2D eigenvalue weighted by molar-refractivity contribution is 7.80. The van der Waals surface area contributed by atoms with Crippen molar-refractivity contribution in [1.82, 2.24) is 10.3 Å². The number of hydrogen-bond acceptors (Lipinski definition) is 5. The van der Waals surface area contributed by atoms with Gasteiger partial charge in [0.2, 0.25) is 0 Å². The van der Waals surface area contributed by atoms with E-state index in [1.54, 1.807) is 18.2 Å². The van der Waals surface area contributed by atoms with Crippen molar-refractivity contribution in [3.05, 3.63) is 87.7 Å². The van der Waals surface area contributed by atoms with Gasteiger partial charge in [0, 0.05) is 17.1 Å². The van der Waals surface area contributed by atoms with Crippen LogP contribution in [0.4, 0.5) is 5.69 Å². The lowest BCUT2D eigenvalue weighted by Crippen LogP contribution is -2.37. The number of nitrogens with zero attached hydrogens (tertiary/aromatic N) is 1. The lowest BCUT2D eigenvalue weighted by Gasteiger charge is -2.11. The van der Waals surface area contributed by atoms with Crippen LogP contribution < -0.4 is 15.4 Å². The maximum absolute atomic E-state index is 12.1. The summed E-state index contributed by atoms with van der Waals surface area (Å²) in [5.41, 5.74) is 4.66. The molecule has 0 spiro atoms. The van der Waals surface area contributed by atoms with Gasteiger partial charge < -0.3 is 14.5 Å². The molecule has 0 radical (unpaired) electrons. The summed E-state index contributed by atoms with van der Waals surface area (Å²) in [6, 6.07) is 18.5. The molecular formula is C25H21Cl2N3O3S. The Balaban J connectivity index is 1.28. The molecule has 0 aliphatic carbocycles. The van der Waals surface area contributed by atoms with Crippen LogP contribution in [0.5, 0.6) is 5.75 Å². The van der Waals surface area contributed by atoms with Crippen LogP contribution in [0.3, 0.4) is 0 Å². The van der Waals surface area contributed by atoms with Crippen LogP contribution in [0.2, 0.25) is 10.0 Å². The first-order chi connectivity index (χ1) is 16.4. The number of rotatable bonds is 7. The minimum absolute atomic E-state index is 0.161. The number of thiocarbonyl (C=S) groups is 1. The van der Waals surface area contributed by atoms with Crippen molar-refractivity contribution in [3.8, 4) is 5.75 Å². The summed E-state index contributed by atoms with van der Waals surface area (Å²) < 4.78 is 11.3. The van der Waals surface area contributed by atoms with Gasteiger partial charge in [0.05, 0.1) is 5.02 Å². The standard InChI is InChI=1S/C25H21Cl2N3O3S/c1-2-15-5-9-22-20(11-15)29-24(33-22)12-16-3-7-18(8-4-16)28-25(34)30-23(31)14-32-21-10-6-17(26)13-19(21)27/h3-11,13H,2,12,14H2,1H3,(H2,28,30,31,34). The van der Waals surface area contributed by atoms with Gasteiger partial charge >= 0.3 is 0 Å². The number of ether oxygens (including phenoxy) is 1. The number of carbonyl (C=O) groups excluding carboxylic acids is 1. The summed E-state index contributed by atoms with van der Waals surface area (Å²) in [6.45, 7) is 1.87. The second-order valence-electron chi connectivity index (χ2n) is 7.50. The second-order valence-corrected chi connectivity index (χ2v) is 8.75. The monoisotopic (exact) mass is 513 g/mol. The predicted molar refractivity (Wildman–Crippen MR) is 139 cm³/mol. The molecule has 0 fully saturated rings. The zero-order chi connectivity index (χ0) is 24.1. The Labute approximate surface area is 212 Å². The third-order valence-electron chi connectivity index (χ3n) is 4.98. The van der Waals surface area contributed by atoms with Crippen molar-refractivity contribution < 1.29 is 13.9 Å². The first-order valence-corrected chi connectivity index (χ1v) is 11.7. The summed E-state index contributed by atoms with van der Waals surface area (Å²) in [5.74, 6) is 0.607. The van der Waals surface area contributed by atoms with E-state index in [0.29, 0.717) is 28.1 Å². The number of carbonyl (C=O) groups is 1. The minimum atomic E-state index is -0.415. The van der Waals surface area contributed by atoms with Gasteiger partial charge in [0.1, 0.15) is 11.3 Å². The number of anilines is 1. The van der Waals surface area contributed by atoms with E-state index < -0.39 is 5.91 Å². The zero-order valence-corrected chi connectivity index (χ0v) is 20.6. The summed E-state index contributed by atoms with van der Waals surface area (Å²) in [7, 11) is 0. The molecule has 0 aliphatic heterocycles. The molecule has 2 N–H and O–H groups in total. The Hall–Kier alpha value is -3.13. The molecule has 4 aromatic rings. The van der Waals surface area contributed by atoms with Crippen LogP contribution in [0.15, 0.2) is 65.1 Å². The number of fused-ring (bicyclic) bond motifs is 1. The van der Waals surface area contributed by atoms with Gasteiger partial charge in [-0.2, -0.15) is 0 Å². The second kappa shape index (κ2) is 10.9. The largest absolute Gasteiger partial charge is 0.482 e. The molecule has 0 saturated heterocycles.